The minimum atomic E-state index is -1.56. The first-order chi connectivity index (χ1) is 6.63. The molecule has 0 bridgehead atoms. The van der Waals surface area contributed by atoms with Crippen molar-refractivity contribution in [2.24, 2.45) is 0 Å². The van der Waals surface area contributed by atoms with Crippen molar-refractivity contribution in [2.45, 2.75) is 6.04 Å². The summed E-state index contributed by atoms with van der Waals surface area (Å²) in [5.41, 5.74) is 7.15. The van der Waals surface area contributed by atoms with Crippen molar-refractivity contribution in [1.29, 1.82) is 0 Å². The largest absolute Gasteiger partial charge is 0.395 e. The van der Waals surface area contributed by atoms with Gasteiger partial charge in [-0.2, -0.15) is 0 Å². The maximum absolute atomic E-state index is 11.0. The van der Waals surface area contributed by atoms with Crippen molar-refractivity contribution in [3.63, 3.8) is 0 Å². The van der Waals surface area contributed by atoms with Crippen molar-refractivity contribution in [3.8, 4) is 0 Å². The third-order valence-corrected chi connectivity index (χ3v) is 1.35. The lowest BCUT2D eigenvalue weighted by molar-refractivity contribution is -0.131. The zero-order chi connectivity index (χ0) is 11.0. The summed E-state index contributed by atoms with van der Waals surface area (Å²) in [7, 11) is 0. The second kappa shape index (κ2) is 7.25. The summed E-state index contributed by atoms with van der Waals surface area (Å²) in [6.07, 6.45) is 0. The van der Waals surface area contributed by atoms with E-state index >= 15 is 0 Å². The molecule has 5 N–H and O–H groups in total. The van der Waals surface area contributed by atoms with Crippen LogP contribution < -0.4 is 16.4 Å². The molecule has 14 heavy (non-hydrogen) atoms. The molecule has 0 heterocycles. The fraction of sp³-hybridized carbons (Fsp3) is 0.714. The fourth-order valence-corrected chi connectivity index (χ4v) is 0.681. The predicted molar refractivity (Wildman–Crippen MR) is 47.1 cm³/mol. The molecule has 2 amide bonds. The molecule has 0 saturated heterocycles. The number of amides is 2. The van der Waals surface area contributed by atoms with Gasteiger partial charge in [0.05, 0.1) is 13.2 Å². The van der Waals surface area contributed by atoms with E-state index in [0.717, 1.165) is 0 Å². The van der Waals surface area contributed by atoms with E-state index in [-0.39, 0.29) is 26.3 Å². The van der Waals surface area contributed by atoms with Crippen LogP contribution in [0.3, 0.4) is 0 Å². The maximum atomic E-state index is 11.0. The smallest absolute Gasteiger partial charge is 0.248 e. The van der Waals surface area contributed by atoms with Gasteiger partial charge in [0.1, 0.15) is 0 Å². The number of carbonyl (C=O) groups is 2. The molecule has 0 aromatic carbocycles. The third-order valence-electron chi connectivity index (χ3n) is 1.35. The van der Waals surface area contributed by atoms with E-state index in [4.69, 9.17) is 15.9 Å². The van der Waals surface area contributed by atoms with Gasteiger partial charge < -0.3 is 20.8 Å². The SMILES string of the molecule is [NH]C(C(=O)NCCO)C(=O)NCCO. The van der Waals surface area contributed by atoms with Crippen LogP contribution in [0.4, 0.5) is 0 Å². The van der Waals surface area contributed by atoms with Gasteiger partial charge in [0.2, 0.25) is 11.8 Å². The average molecular weight is 204 g/mol. The highest BCUT2D eigenvalue weighted by Crippen LogP contribution is 1.81. The Labute approximate surface area is 81.3 Å². The molecule has 0 fully saturated rings. The van der Waals surface area contributed by atoms with Crippen LogP contribution in [0.5, 0.6) is 0 Å². The Morgan fingerprint density at radius 1 is 1.07 bits per heavy atom. The summed E-state index contributed by atoms with van der Waals surface area (Å²) < 4.78 is 0. The van der Waals surface area contributed by atoms with Gasteiger partial charge in [0, 0.05) is 13.1 Å². The Bertz CT molecular complexity index is 177. The van der Waals surface area contributed by atoms with Crippen molar-refractivity contribution in [3.05, 3.63) is 0 Å². The lowest BCUT2D eigenvalue weighted by Gasteiger charge is -2.10. The molecule has 0 aliphatic rings. The second-order valence-electron chi connectivity index (χ2n) is 2.46. The van der Waals surface area contributed by atoms with Crippen LogP contribution >= 0.6 is 0 Å². The first-order valence-corrected chi connectivity index (χ1v) is 4.11. The summed E-state index contributed by atoms with van der Waals surface area (Å²) in [4.78, 5) is 21.9. The zero-order valence-corrected chi connectivity index (χ0v) is 7.62. The van der Waals surface area contributed by atoms with Gasteiger partial charge in [-0.1, -0.05) is 0 Å². The molecule has 7 heteroatoms. The number of aliphatic hydroxyl groups excluding tert-OH is 2. The number of aliphatic hydroxyl groups is 2. The molecule has 7 nitrogen and oxygen atoms in total. The van der Waals surface area contributed by atoms with Crippen LogP contribution in [-0.2, 0) is 9.59 Å². The van der Waals surface area contributed by atoms with E-state index in [2.05, 4.69) is 10.6 Å². The van der Waals surface area contributed by atoms with E-state index in [1.54, 1.807) is 0 Å². The monoisotopic (exact) mass is 204 g/mol. The first-order valence-electron chi connectivity index (χ1n) is 4.11. The molecule has 81 valence electrons. The Hall–Kier alpha value is -1.18. The zero-order valence-electron chi connectivity index (χ0n) is 7.62. The number of hydrogen-bond acceptors (Lipinski definition) is 4. The number of rotatable bonds is 6. The van der Waals surface area contributed by atoms with Crippen LogP contribution in [0, 0.1) is 0 Å². The van der Waals surface area contributed by atoms with E-state index in [9.17, 15) is 9.59 Å². The Balaban J connectivity index is 3.85. The highest BCUT2D eigenvalue weighted by Gasteiger charge is 2.21. The predicted octanol–water partition coefficient (Wildman–Crippen LogP) is -3.15. The Morgan fingerprint density at radius 3 is 1.71 bits per heavy atom. The molecular formula is C7H14N3O4. The first kappa shape index (κ1) is 12.8. The summed E-state index contributed by atoms with van der Waals surface area (Å²) in [6, 6.07) is -1.56. The summed E-state index contributed by atoms with van der Waals surface area (Å²) in [6.45, 7) is -0.448. The van der Waals surface area contributed by atoms with Gasteiger partial charge in [-0.25, -0.2) is 5.73 Å². The number of carbonyl (C=O) groups excluding carboxylic acids is 2. The molecule has 0 aliphatic heterocycles. The van der Waals surface area contributed by atoms with Gasteiger partial charge in [0.25, 0.3) is 0 Å². The fourth-order valence-electron chi connectivity index (χ4n) is 0.681. The molecule has 0 spiro atoms. The molecule has 0 atom stereocenters. The molecular weight excluding hydrogens is 190 g/mol. The van der Waals surface area contributed by atoms with Crippen molar-refractivity contribution >= 4 is 11.8 Å². The molecule has 0 aromatic rings. The summed E-state index contributed by atoms with van der Waals surface area (Å²) in [5, 5.41) is 21.1. The number of nitrogens with one attached hydrogen (secondary N) is 3. The van der Waals surface area contributed by atoms with Crippen LogP contribution in [0.25, 0.3) is 0 Å². The number of hydrogen-bond donors (Lipinski definition) is 4. The van der Waals surface area contributed by atoms with Crippen LogP contribution in [0.15, 0.2) is 0 Å². The van der Waals surface area contributed by atoms with E-state index in [1.807, 2.05) is 0 Å². The van der Waals surface area contributed by atoms with Crippen molar-refractivity contribution in [2.75, 3.05) is 26.3 Å². The minimum absolute atomic E-state index is 0.0154. The van der Waals surface area contributed by atoms with Crippen molar-refractivity contribution < 1.29 is 19.8 Å². The second-order valence-corrected chi connectivity index (χ2v) is 2.46. The minimum Gasteiger partial charge on any atom is -0.395 e. The van der Waals surface area contributed by atoms with Crippen molar-refractivity contribution in [1.82, 2.24) is 16.4 Å². The van der Waals surface area contributed by atoms with Gasteiger partial charge in [-0.05, 0) is 0 Å². The lowest BCUT2D eigenvalue weighted by atomic mass is 10.2. The normalized spacial score (nSPS) is 10.0. The standard InChI is InChI=1S/C7H14N3O4/c8-5(6(13)9-1-3-11)7(14)10-2-4-12/h5,8,11-12H,1-4H2,(H,9,13)(H,10,14). The Morgan fingerprint density at radius 2 is 1.43 bits per heavy atom. The van der Waals surface area contributed by atoms with Crippen LogP contribution in [0.2, 0.25) is 0 Å². The third kappa shape index (κ3) is 4.75. The highest BCUT2D eigenvalue weighted by atomic mass is 16.3. The summed E-state index contributed by atoms with van der Waals surface area (Å²) in [5.74, 6) is -1.54. The van der Waals surface area contributed by atoms with Crippen LogP contribution in [-0.4, -0.2) is 54.4 Å². The summed E-state index contributed by atoms with van der Waals surface area (Å²) >= 11 is 0. The lowest BCUT2D eigenvalue weighted by Crippen LogP contribution is -2.47. The van der Waals surface area contributed by atoms with E-state index < -0.39 is 17.9 Å². The van der Waals surface area contributed by atoms with Crippen LogP contribution in [0.1, 0.15) is 0 Å². The van der Waals surface area contributed by atoms with E-state index in [0.29, 0.717) is 0 Å². The Kier molecular flexibility index (Phi) is 6.63. The highest BCUT2D eigenvalue weighted by molar-refractivity contribution is 6.03. The van der Waals surface area contributed by atoms with Gasteiger partial charge >= 0.3 is 0 Å². The van der Waals surface area contributed by atoms with Gasteiger partial charge in [0.15, 0.2) is 6.04 Å². The average Bonchev–Trinajstić information content (AvgIpc) is 2.21. The molecule has 0 aliphatic carbocycles. The molecule has 0 aromatic heterocycles. The van der Waals surface area contributed by atoms with Gasteiger partial charge in [-0.3, -0.25) is 9.59 Å². The molecule has 0 saturated carbocycles. The quantitative estimate of drug-likeness (QED) is 0.341. The topological polar surface area (TPSA) is 122 Å². The molecule has 1 radical (unpaired) electrons. The molecule has 0 rings (SSSR count). The molecule has 0 unspecified atom stereocenters. The van der Waals surface area contributed by atoms with Gasteiger partial charge in [-0.15, -0.1) is 0 Å². The maximum Gasteiger partial charge on any atom is 0.248 e. The van der Waals surface area contributed by atoms with E-state index in [1.165, 1.54) is 0 Å².